The Morgan fingerprint density at radius 3 is 2.92 bits per heavy atom. The lowest BCUT2D eigenvalue weighted by molar-refractivity contribution is 0.0778. The monoisotopic (exact) mass is 180 g/mol. The first-order chi connectivity index (χ1) is 6.31. The van der Waals surface area contributed by atoms with Gasteiger partial charge in [-0.25, -0.2) is 0 Å². The van der Waals surface area contributed by atoms with E-state index in [0.29, 0.717) is 24.0 Å². The molecular formula is C11H16O2. The van der Waals surface area contributed by atoms with Gasteiger partial charge >= 0.3 is 0 Å². The molecule has 0 spiro atoms. The molecule has 2 nitrogen and oxygen atoms in total. The smallest absolute Gasteiger partial charge is 0.0876 e. The third-order valence-corrected chi connectivity index (χ3v) is 4.05. The molecule has 0 aromatic heterocycles. The maximum absolute atomic E-state index is 9.88. The molecule has 0 aromatic rings. The highest BCUT2D eigenvalue weighted by molar-refractivity contribution is 5.11. The number of hydrogen-bond acceptors (Lipinski definition) is 2. The molecule has 6 unspecified atom stereocenters. The van der Waals surface area contributed by atoms with Crippen LogP contribution in [-0.4, -0.2) is 23.4 Å². The first-order valence-corrected chi connectivity index (χ1v) is 5.25. The Kier molecular flexibility index (Phi) is 1.59. The molecule has 1 saturated heterocycles. The fraction of sp³-hybridized carbons (Fsp3) is 0.818. The van der Waals surface area contributed by atoms with Gasteiger partial charge in [0.25, 0.3) is 0 Å². The highest BCUT2D eigenvalue weighted by Crippen LogP contribution is 2.59. The number of ether oxygens (including phenoxy) is 1. The molecule has 2 heteroatoms. The largest absolute Gasteiger partial charge is 0.393 e. The van der Waals surface area contributed by atoms with Crippen molar-refractivity contribution in [3.05, 3.63) is 12.7 Å². The fourth-order valence-corrected chi connectivity index (χ4v) is 3.44. The second-order valence-corrected chi connectivity index (χ2v) is 4.72. The maximum Gasteiger partial charge on any atom is 0.0876 e. The van der Waals surface area contributed by atoms with Crippen LogP contribution in [-0.2, 0) is 4.74 Å². The van der Waals surface area contributed by atoms with E-state index in [1.54, 1.807) is 0 Å². The third-order valence-electron chi connectivity index (χ3n) is 4.05. The average Bonchev–Trinajstić information content (AvgIpc) is 2.72. The van der Waals surface area contributed by atoms with Gasteiger partial charge in [0.15, 0.2) is 0 Å². The number of aliphatic hydroxyl groups excluding tert-OH is 1. The highest BCUT2D eigenvalue weighted by Gasteiger charge is 2.63. The molecule has 3 rings (SSSR count). The molecule has 0 aromatic carbocycles. The van der Waals surface area contributed by atoms with Crippen LogP contribution in [0, 0.1) is 17.8 Å². The van der Waals surface area contributed by atoms with Gasteiger partial charge in [0.2, 0.25) is 0 Å². The molecule has 3 fully saturated rings. The number of rotatable bonds is 3. The zero-order valence-electron chi connectivity index (χ0n) is 7.73. The van der Waals surface area contributed by atoms with Crippen LogP contribution < -0.4 is 0 Å². The summed E-state index contributed by atoms with van der Waals surface area (Å²) in [5.74, 6) is 1.91. The van der Waals surface area contributed by atoms with Crippen LogP contribution in [0.1, 0.15) is 19.3 Å². The topological polar surface area (TPSA) is 32.8 Å². The summed E-state index contributed by atoms with van der Waals surface area (Å²) in [5.41, 5.74) is 0. The summed E-state index contributed by atoms with van der Waals surface area (Å²) in [6.45, 7) is 3.67. The molecule has 2 aliphatic carbocycles. The standard InChI is InChI=1S/C11H16O2/c1-2-3-9(12)7-4-6-5-8(7)11-10(6)13-11/h2,6-12H,1,3-5H2. The van der Waals surface area contributed by atoms with E-state index in [-0.39, 0.29) is 6.10 Å². The van der Waals surface area contributed by atoms with Gasteiger partial charge in [-0.15, -0.1) is 6.58 Å². The lowest BCUT2D eigenvalue weighted by Crippen LogP contribution is -2.28. The summed E-state index contributed by atoms with van der Waals surface area (Å²) in [6, 6.07) is 0. The van der Waals surface area contributed by atoms with Crippen LogP contribution in [0.25, 0.3) is 0 Å². The zero-order valence-corrected chi connectivity index (χ0v) is 7.73. The van der Waals surface area contributed by atoms with Crippen molar-refractivity contribution in [1.29, 1.82) is 0 Å². The Hall–Kier alpha value is -0.340. The Labute approximate surface area is 78.6 Å². The minimum Gasteiger partial charge on any atom is -0.393 e. The molecule has 1 heterocycles. The van der Waals surface area contributed by atoms with E-state index in [2.05, 4.69) is 6.58 Å². The van der Waals surface area contributed by atoms with Gasteiger partial charge in [0, 0.05) is 0 Å². The zero-order chi connectivity index (χ0) is 9.00. The van der Waals surface area contributed by atoms with Gasteiger partial charge in [-0.05, 0) is 37.0 Å². The summed E-state index contributed by atoms with van der Waals surface area (Å²) >= 11 is 0. The Morgan fingerprint density at radius 1 is 1.46 bits per heavy atom. The van der Waals surface area contributed by atoms with Crippen LogP contribution in [0.4, 0.5) is 0 Å². The normalized spacial score (nSPS) is 53.2. The van der Waals surface area contributed by atoms with Crippen molar-refractivity contribution in [2.75, 3.05) is 0 Å². The van der Waals surface area contributed by atoms with Crippen molar-refractivity contribution < 1.29 is 9.84 Å². The molecule has 2 bridgehead atoms. The second kappa shape index (κ2) is 2.58. The van der Waals surface area contributed by atoms with E-state index in [4.69, 9.17) is 4.74 Å². The number of fused-ring (bicyclic) bond motifs is 5. The van der Waals surface area contributed by atoms with Crippen LogP contribution in [0.15, 0.2) is 12.7 Å². The summed E-state index contributed by atoms with van der Waals surface area (Å²) in [6.07, 6.45) is 5.97. The molecule has 0 radical (unpaired) electrons. The Balaban J connectivity index is 1.70. The van der Waals surface area contributed by atoms with E-state index < -0.39 is 0 Å². The molecular weight excluding hydrogens is 164 g/mol. The predicted molar refractivity (Wildman–Crippen MR) is 49.2 cm³/mol. The van der Waals surface area contributed by atoms with Crippen molar-refractivity contribution >= 4 is 0 Å². The van der Waals surface area contributed by atoms with Crippen LogP contribution in [0.5, 0.6) is 0 Å². The second-order valence-electron chi connectivity index (χ2n) is 4.72. The van der Waals surface area contributed by atoms with Crippen LogP contribution in [0.3, 0.4) is 0 Å². The van der Waals surface area contributed by atoms with Crippen molar-refractivity contribution in [2.24, 2.45) is 17.8 Å². The van der Waals surface area contributed by atoms with Gasteiger partial charge in [0.05, 0.1) is 18.3 Å². The Morgan fingerprint density at radius 2 is 2.31 bits per heavy atom. The van der Waals surface area contributed by atoms with Gasteiger partial charge in [-0.1, -0.05) is 6.08 Å². The minimum absolute atomic E-state index is 0.169. The first kappa shape index (κ1) is 8.01. The maximum atomic E-state index is 9.88. The lowest BCUT2D eigenvalue weighted by Gasteiger charge is -2.23. The number of hydrogen-bond donors (Lipinski definition) is 1. The molecule has 13 heavy (non-hydrogen) atoms. The fourth-order valence-electron chi connectivity index (χ4n) is 3.44. The van der Waals surface area contributed by atoms with Crippen molar-refractivity contribution in [2.45, 2.75) is 37.6 Å². The highest BCUT2D eigenvalue weighted by atomic mass is 16.6. The predicted octanol–water partition coefficient (Wildman–Crippen LogP) is 1.35. The quantitative estimate of drug-likeness (QED) is 0.525. The summed E-state index contributed by atoms with van der Waals surface area (Å²) < 4.78 is 5.56. The first-order valence-electron chi connectivity index (χ1n) is 5.25. The van der Waals surface area contributed by atoms with E-state index in [1.165, 1.54) is 12.8 Å². The van der Waals surface area contributed by atoms with Gasteiger partial charge in [0.1, 0.15) is 0 Å². The average molecular weight is 180 g/mol. The number of aliphatic hydroxyl groups is 1. The lowest BCUT2D eigenvalue weighted by atomic mass is 9.83. The van der Waals surface area contributed by atoms with Gasteiger partial charge in [-0.3, -0.25) is 0 Å². The van der Waals surface area contributed by atoms with E-state index in [1.807, 2.05) is 6.08 Å². The van der Waals surface area contributed by atoms with E-state index >= 15 is 0 Å². The summed E-state index contributed by atoms with van der Waals surface area (Å²) in [7, 11) is 0. The Bertz CT molecular complexity index is 238. The van der Waals surface area contributed by atoms with Crippen molar-refractivity contribution in [1.82, 2.24) is 0 Å². The van der Waals surface area contributed by atoms with Crippen molar-refractivity contribution in [3.8, 4) is 0 Å². The molecule has 1 aliphatic heterocycles. The molecule has 6 atom stereocenters. The summed E-state index contributed by atoms with van der Waals surface area (Å²) in [5, 5.41) is 9.88. The van der Waals surface area contributed by atoms with Gasteiger partial charge < -0.3 is 9.84 Å². The van der Waals surface area contributed by atoms with E-state index in [9.17, 15) is 5.11 Å². The van der Waals surface area contributed by atoms with Crippen LogP contribution >= 0.6 is 0 Å². The van der Waals surface area contributed by atoms with Gasteiger partial charge in [-0.2, -0.15) is 0 Å². The SMILES string of the molecule is C=CCC(O)C1CC2CC1C1OC21. The summed E-state index contributed by atoms with van der Waals surface area (Å²) in [4.78, 5) is 0. The van der Waals surface area contributed by atoms with Crippen LogP contribution in [0.2, 0.25) is 0 Å². The molecule has 72 valence electrons. The minimum atomic E-state index is -0.169. The number of epoxide rings is 1. The third kappa shape index (κ3) is 1.02. The molecule has 3 aliphatic rings. The molecule has 0 amide bonds. The molecule has 2 saturated carbocycles. The van der Waals surface area contributed by atoms with Crippen molar-refractivity contribution in [3.63, 3.8) is 0 Å². The van der Waals surface area contributed by atoms with E-state index in [0.717, 1.165) is 12.3 Å². The molecule has 1 N–H and O–H groups in total.